The van der Waals surface area contributed by atoms with Crippen LogP contribution in [0.4, 0.5) is 0 Å². The van der Waals surface area contributed by atoms with Crippen LogP contribution in [-0.4, -0.2) is 18.3 Å². The van der Waals surface area contributed by atoms with E-state index in [4.69, 9.17) is 18.9 Å². The minimum absolute atomic E-state index is 0.319. The van der Waals surface area contributed by atoms with Gasteiger partial charge < -0.3 is 18.9 Å². The Bertz CT molecular complexity index is 2160. The molecule has 1 aliphatic heterocycles. The predicted octanol–water partition coefficient (Wildman–Crippen LogP) is 9.48. The Kier molecular flexibility index (Phi) is 11.8. The van der Waals surface area contributed by atoms with Crippen molar-refractivity contribution in [2.24, 2.45) is 0 Å². The molecule has 1 heterocycles. The lowest BCUT2D eigenvalue weighted by Gasteiger charge is -2.32. The van der Waals surface area contributed by atoms with Crippen LogP contribution < -0.4 is 36.2 Å². The van der Waals surface area contributed by atoms with E-state index in [1.807, 2.05) is 30.4 Å². The summed E-state index contributed by atoms with van der Waals surface area (Å²) in [5.74, 6) is 1.42. The van der Waals surface area contributed by atoms with Gasteiger partial charge in [-0.3, -0.25) is 0 Å². The molecule has 0 atom stereocenters. The molecule has 1 N–H and O–H groups in total. The van der Waals surface area contributed by atoms with Crippen LogP contribution >= 0.6 is 7.41 Å². The molecule has 56 heavy (non-hydrogen) atoms. The zero-order valence-corrected chi connectivity index (χ0v) is 33.7. The van der Waals surface area contributed by atoms with Crippen molar-refractivity contribution < 1.29 is 18.9 Å². The van der Waals surface area contributed by atoms with Crippen molar-refractivity contribution in [3.05, 3.63) is 194 Å². The summed E-state index contributed by atoms with van der Waals surface area (Å²) >= 11 is 0. The maximum absolute atomic E-state index is 6.96. The zero-order valence-electron chi connectivity index (χ0n) is 32.8. The largest absolute Gasteiger partial charge is 0.495 e. The standard InChI is InChI=1S/C49H50BNO4P/c1-7-20-37-30-32-46(52-36-39-22-18-19-29-45(39)50-54-48(3,4)49(5,6)55-50)43(34-37)44-35-38(21-8-2)31-33-47(44)53-51-56(40-23-12-9-13-24-40,41-25-14-10-15-26-41)42-27-16-11-17-28-42/h7-19,22-35,51H,1-2,20-21,36H2,3-6H3/q+1. The molecule has 282 valence electrons. The maximum atomic E-state index is 6.96. The third kappa shape index (κ3) is 8.03. The molecule has 1 fully saturated rings. The Morgan fingerprint density at radius 3 is 1.54 bits per heavy atom. The third-order valence-corrected chi connectivity index (χ3v) is 14.4. The molecular weight excluding hydrogens is 708 g/mol. The number of hydrogen-bond acceptors (Lipinski definition) is 5. The number of hydrogen-bond donors (Lipinski definition) is 1. The van der Waals surface area contributed by atoms with E-state index < -0.39 is 25.7 Å². The minimum Gasteiger partial charge on any atom is -0.488 e. The maximum Gasteiger partial charge on any atom is 0.495 e. The van der Waals surface area contributed by atoms with Gasteiger partial charge in [0.1, 0.15) is 28.3 Å². The van der Waals surface area contributed by atoms with E-state index in [9.17, 15) is 0 Å². The molecule has 1 saturated heterocycles. The fourth-order valence-corrected chi connectivity index (χ4v) is 10.4. The van der Waals surface area contributed by atoms with Crippen molar-refractivity contribution in [2.75, 3.05) is 0 Å². The van der Waals surface area contributed by atoms with Crippen LogP contribution in [0.5, 0.6) is 11.5 Å². The van der Waals surface area contributed by atoms with E-state index >= 15 is 0 Å². The Morgan fingerprint density at radius 2 is 1.04 bits per heavy atom. The normalized spacial score (nSPS) is 14.6. The van der Waals surface area contributed by atoms with Crippen LogP contribution in [0.2, 0.25) is 0 Å². The first-order valence-corrected chi connectivity index (χ1v) is 21.0. The smallest absolute Gasteiger partial charge is 0.488 e. The summed E-state index contributed by atoms with van der Waals surface area (Å²) < 4.78 is 19.7. The van der Waals surface area contributed by atoms with Gasteiger partial charge in [0.2, 0.25) is 7.41 Å². The summed E-state index contributed by atoms with van der Waals surface area (Å²) in [6, 6.07) is 52.7. The molecule has 7 heteroatoms. The van der Waals surface area contributed by atoms with Gasteiger partial charge in [0.15, 0.2) is 5.75 Å². The van der Waals surface area contributed by atoms with Crippen molar-refractivity contribution in [1.29, 1.82) is 0 Å². The molecule has 5 nitrogen and oxygen atoms in total. The van der Waals surface area contributed by atoms with Crippen LogP contribution in [0.1, 0.15) is 44.4 Å². The second-order valence-electron chi connectivity index (χ2n) is 15.1. The summed E-state index contributed by atoms with van der Waals surface area (Å²) in [6.07, 6.45) is 5.27. The van der Waals surface area contributed by atoms with Crippen molar-refractivity contribution in [2.45, 2.75) is 58.3 Å². The Hall–Kier alpha value is -5.23. The molecule has 0 bridgehead atoms. The summed E-state index contributed by atoms with van der Waals surface area (Å²) in [6.45, 7) is 16.7. The van der Waals surface area contributed by atoms with E-state index in [1.165, 1.54) is 0 Å². The number of benzene rings is 6. The highest BCUT2D eigenvalue weighted by molar-refractivity contribution is 7.94. The average Bonchev–Trinajstić information content (AvgIpc) is 3.45. The van der Waals surface area contributed by atoms with Crippen LogP contribution in [0, 0.1) is 0 Å². The van der Waals surface area contributed by atoms with Crippen LogP contribution in [0.3, 0.4) is 0 Å². The second kappa shape index (κ2) is 16.9. The van der Waals surface area contributed by atoms with Crippen LogP contribution in [-0.2, 0) is 28.8 Å². The Labute approximate surface area is 333 Å². The highest BCUT2D eigenvalue weighted by atomic mass is 31.2. The molecule has 1 aliphatic rings. The number of rotatable bonds is 15. The molecule has 0 spiro atoms. The highest BCUT2D eigenvalue weighted by Crippen LogP contribution is 2.52. The first-order chi connectivity index (χ1) is 27.1. The zero-order chi connectivity index (χ0) is 39.2. The fourth-order valence-electron chi connectivity index (χ4n) is 7.08. The molecule has 0 unspecified atom stereocenters. The summed E-state index contributed by atoms with van der Waals surface area (Å²) in [5, 5.41) is 7.19. The van der Waals surface area contributed by atoms with E-state index in [0.717, 1.165) is 54.9 Å². The molecule has 0 saturated carbocycles. The third-order valence-electron chi connectivity index (χ3n) is 10.8. The Balaban J connectivity index is 1.30. The van der Waals surface area contributed by atoms with Crippen LogP contribution in [0.25, 0.3) is 11.1 Å². The first-order valence-electron chi connectivity index (χ1n) is 19.2. The van der Waals surface area contributed by atoms with Gasteiger partial charge in [-0.25, -0.2) is 0 Å². The molecule has 0 aliphatic carbocycles. The lowest BCUT2D eigenvalue weighted by Crippen LogP contribution is -2.42. The van der Waals surface area contributed by atoms with E-state index in [-0.39, 0.29) is 0 Å². The molecule has 6 aromatic rings. The first kappa shape index (κ1) is 39.0. The average molecular weight is 759 g/mol. The number of nitrogens with one attached hydrogen (secondary N) is 1. The number of allylic oxidation sites excluding steroid dienone is 2. The van der Waals surface area contributed by atoms with Crippen LogP contribution in [0.15, 0.2) is 177 Å². The lowest BCUT2D eigenvalue weighted by molar-refractivity contribution is 0.00578. The minimum atomic E-state index is -2.53. The van der Waals surface area contributed by atoms with Gasteiger partial charge in [-0.05, 0) is 129 Å². The van der Waals surface area contributed by atoms with E-state index in [0.29, 0.717) is 25.2 Å². The van der Waals surface area contributed by atoms with Crippen molar-refractivity contribution >= 4 is 35.9 Å². The monoisotopic (exact) mass is 758 g/mol. The van der Waals surface area contributed by atoms with Gasteiger partial charge in [-0.15, -0.1) is 13.2 Å². The molecule has 6 aromatic carbocycles. The molecule has 0 radical (unpaired) electrons. The molecule has 7 rings (SSSR count). The number of ether oxygens (including phenoxy) is 1. The topological polar surface area (TPSA) is 49.0 Å². The quantitative estimate of drug-likeness (QED) is 0.0490. The van der Waals surface area contributed by atoms with Gasteiger partial charge in [0.25, 0.3) is 0 Å². The van der Waals surface area contributed by atoms with E-state index in [2.05, 4.69) is 180 Å². The molecule has 0 aromatic heterocycles. The summed E-state index contributed by atoms with van der Waals surface area (Å²) in [4.78, 5) is 6.96. The molecule has 0 amide bonds. The summed E-state index contributed by atoms with van der Waals surface area (Å²) in [7, 11) is -3.03. The SMILES string of the molecule is C=CCc1ccc(OCc2ccccc2B2OC(C)(C)C(C)(C)O2)c(-c2cc(CC=C)ccc2ON[P+](c2ccccc2)(c2ccccc2)c2ccccc2)c1. The molecular formula is C49H50BNO4P+. The van der Waals surface area contributed by atoms with Crippen molar-refractivity contribution in [3.63, 3.8) is 0 Å². The van der Waals surface area contributed by atoms with Gasteiger partial charge in [0.05, 0.1) is 11.2 Å². The Morgan fingerprint density at radius 1 is 0.589 bits per heavy atom. The van der Waals surface area contributed by atoms with Crippen molar-refractivity contribution in [3.8, 4) is 22.6 Å². The fraction of sp³-hybridized carbons (Fsp3) is 0.184. The lowest BCUT2D eigenvalue weighted by atomic mass is 9.76. The van der Waals surface area contributed by atoms with Gasteiger partial charge in [-0.1, -0.05) is 103 Å². The van der Waals surface area contributed by atoms with E-state index in [1.54, 1.807) is 0 Å². The van der Waals surface area contributed by atoms with Crippen molar-refractivity contribution in [1.82, 2.24) is 5.25 Å². The van der Waals surface area contributed by atoms with Gasteiger partial charge in [-0.2, -0.15) is 0 Å². The van der Waals surface area contributed by atoms with Gasteiger partial charge in [0, 0.05) is 11.1 Å². The predicted molar refractivity (Wildman–Crippen MR) is 235 cm³/mol. The van der Waals surface area contributed by atoms with Gasteiger partial charge >= 0.3 is 7.12 Å². The summed E-state index contributed by atoms with van der Waals surface area (Å²) in [5.41, 5.74) is 5.10. The highest BCUT2D eigenvalue weighted by Gasteiger charge is 2.52. The second-order valence-corrected chi connectivity index (χ2v) is 18.2.